The zero-order chi connectivity index (χ0) is 25.5. The minimum atomic E-state index is -0.890. The predicted molar refractivity (Wildman–Crippen MR) is 122 cm³/mol. The van der Waals surface area contributed by atoms with E-state index in [1.807, 2.05) is 36.6 Å². The zero-order valence-electron chi connectivity index (χ0n) is 19.9. The van der Waals surface area contributed by atoms with E-state index in [1.165, 1.54) is 0 Å². The van der Waals surface area contributed by atoms with Gasteiger partial charge in [0, 0.05) is 0 Å². The molecule has 0 fully saturated rings. The van der Waals surface area contributed by atoms with Crippen molar-refractivity contribution in [3.8, 4) is 6.01 Å². The van der Waals surface area contributed by atoms with Crippen LogP contribution in [0.2, 0.25) is 0 Å². The number of hydrogen-bond donors (Lipinski definition) is 2. The normalized spacial score (nSPS) is 13.4. The van der Waals surface area contributed by atoms with Crippen molar-refractivity contribution in [3.05, 3.63) is 75.9 Å². The van der Waals surface area contributed by atoms with Crippen LogP contribution >= 0.6 is 0 Å². The Labute approximate surface area is 224 Å². The SMILES string of the molecule is C=C([I-]/C=C\C(C)Cn1c(OCC)nc(C)c1C(C)C(=O)O)c1ccccc1[I-]c1noc(=O)[nH]1. The van der Waals surface area contributed by atoms with Gasteiger partial charge in [-0.05, 0) is 0 Å². The summed E-state index contributed by atoms with van der Waals surface area (Å²) in [5.74, 6) is -1.97. The first-order chi connectivity index (χ1) is 16.7. The first-order valence-corrected chi connectivity index (χ1v) is 15.4. The molecule has 0 amide bonds. The molecule has 1 aromatic carbocycles. The van der Waals surface area contributed by atoms with Crippen molar-refractivity contribution in [2.45, 2.75) is 40.2 Å². The van der Waals surface area contributed by atoms with Crippen LogP contribution < -0.4 is 52.9 Å². The summed E-state index contributed by atoms with van der Waals surface area (Å²) in [4.78, 5) is 30.0. The van der Waals surface area contributed by atoms with Crippen LogP contribution in [0.4, 0.5) is 0 Å². The van der Waals surface area contributed by atoms with Crippen molar-refractivity contribution < 1.29 is 61.6 Å². The molecule has 0 saturated heterocycles. The van der Waals surface area contributed by atoms with Crippen LogP contribution in [0, 0.1) is 20.2 Å². The Balaban J connectivity index is 1.71. The summed E-state index contributed by atoms with van der Waals surface area (Å²) in [7, 11) is 0. The van der Waals surface area contributed by atoms with Crippen LogP contribution in [0.5, 0.6) is 6.01 Å². The van der Waals surface area contributed by atoms with Gasteiger partial charge in [0.2, 0.25) is 0 Å². The number of carbonyl (C=O) groups is 1. The number of aromatic nitrogens is 4. The molecule has 0 saturated carbocycles. The number of imidazole rings is 1. The monoisotopic (exact) mass is 706 g/mol. The van der Waals surface area contributed by atoms with Crippen molar-refractivity contribution in [2.24, 2.45) is 5.92 Å². The van der Waals surface area contributed by atoms with Crippen LogP contribution in [-0.2, 0) is 11.3 Å². The number of aliphatic carboxylic acids is 1. The Bertz CT molecular complexity index is 1280. The molecular formula is C24H28I2N4O5-2. The summed E-state index contributed by atoms with van der Waals surface area (Å²) in [5.41, 5.74) is 2.44. The summed E-state index contributed by atoms with van der Waals surface area (Å²) in [6.07, 6.45) is 2.14. The van der Waals surface area contributed by atoms with E-state index in [0.29, 0.717) is 34.4 Å². The van der Waals surface area contributed by atoms with Crippen molar-refractivity contribution in [1.29, 1.82) is 0 Å². The van der Waals surface area contributed by atoms with Gasteiger partial charge < -0.3 is 0 Å². The van der Waals surface area contributed by atoms with Crippen LogP contribution in [0.25, 0.3) is 3.58 Å². The number of rotatable bonds is 12. The molecule has 0 aliphatic heterocycles. The number of hydrogen-bond acceptors (Lipinski definition) is 6. The van der Waals surface area contributed by atoms with Crippen LogP contribution in [-0.4, -0.2) is 37.4 Å². The number of nitrogens with zero attached hydrogens (tertiary/aromatic N) is 3. The predicted octanol–water partition coefficient (Wildman–Crippen LogP) is -2.51. The molecule has 2 unspecified atom stereocenters. The van der Waals surface area contributed by atoms with Gasteiger partial charge in [-0.2, -0.15) is 0 Å². The Morgan fingerprint density at radius 1 is 1.37 bits per heavy atom. The molecular weight excluding hydrogens is 678 g/mol. The molecule has 11 heteroatoms. The topological polar surface area (TPSA) is 123 Å². The molecule has 0 spiro atoms. The molecule has 0 aliphatic rings. The fraction of sp³-hybridized carbons (Fsp3) is 0.333. The Morgan fingerprint density at radius 2 is 2.11 bits per heavy atom. The van der Waals surface area contributed by atoms with Crippen LogP contribution in [0.3, 0.4) is 0 Å². The van der Waals surface area contributed by atoms with Crippen LogP contribution in [0.1, 0.15) is 43.6 Å². The number of carboxylic acid groups (broad SMARTS) is 1. The number of aromatic amines is 1. The van der Waals surface area contributed by atoms with E-state index in [-0.39, 0.29) is 5.92 Å². The molecule has 3 aromatic rings. The van der Waals surface area contributed by atoms with Crippen molar-refractivity contribution in [2.75, 3.05) is 6.61 Å². The fourth-order valence-corrected chi connectivity index (χ4v) is 8.35. The first-order valence-electron chi connectivity index (χ1n) is 10.9. The standard InChI is InChI=1S/C24H28I2N4O5/c1-6-34-23-27-17(5)20(15(3)21(31)32)30(23)13-14(2)11-12-25-16(4)18-9-7-8-10-19(18)26-22-28-24(33)35-29-22/h7-12,14-15H,4,6,13H2,1-3,5H3,(H,31,32)(H,28,29,33)/q-2/b12-11-. The number of aryl methyl sites for hydroxylation is 1. The summed E-state index contributed by atoms with van der Waals surface area (Å²) in [6.45, 7) is 12.8. The second kappa shape index (κ2) is 12.5. The van der Waals surface area contributed by atoms with Gasteiger partial charge in [-0.15, -0.1) is 0 Å². The number of allylic oxidation sites excluding steroid dienone is 1. The molecule has 2 heterocycles. The van der Waals surface area contributed by atoms with Gasteiger partial charge in [0.25, 0.3) is 0 Å². The quantitative estimate of drug-likeness (QED) is 0.200. The summed E-state index contributed by atoms with van der Waals surface area (Å²) < 4.78 is 17.2. The molecule has 0 radical (unpaired) electrons. The van der Waals surface area contributed by atoms with Gasteiger partial charge in [-0.3, -0.25) is 0 Å². The summed E-state index contributed by atoms with van der Waals surface area (Å²) in [6, 6.07) is 8.50. The second-order valence-electron chi connectivity index (χ2n) is 7.74. The van der Waals surface area contributed by atoms with Gasteiger partial charge in [0.15, 0.2) is 0 Å². The second-order valence-corrected chi connectivity index (χ2v) is 13.1. The van der Waals surface area contributed by atoms with E-state index in [9.17, 15) is 14.7 Å². The zero-order valence-corrected chi connectivity index (χ0v) is 24.2. The van der Waals surface area contributed by atoms with Crippen molar-refractivity contribution in [3.63, 3.8) is 0 Å². The maximum atomic E-state index is 11.7. The van der Waals surface area contributed by atoms with E-state index < -0.39 is 60.1 Å². The van der Waals surface area contributed by atoms with Gasteiger partial charge in [0.1, 0.15) is 0 Å². The number of nitrogens with one attached hydrogen (secondary N) is 1. The van der Waals surface area contributed by atoms with Crippen LogP contribution in [0.15, 0.2) is 50.3 Å². The average molecular weight is 706 g/mol. The van der Waals surface area contributed by atoms with E-state index in [4.69, 9.17) is 4.74 Å². The van der Waals surface area contributed by atoms with Gasteiger partial charge >= 0.3 is 225 Å². The number of ether oxygens (including phenoxy) is 1. The number of halogens is 2. The average Bonchev–Trinajstić information content (AvgIpc) is 3.35. The molecule has 2 atom stereocenters. The number of carboxylic acids is 1. The number of benzene rings is 1. The van der Waals surface area contributed by atoms with Crippen molar-refractivity contribution in [1.82, 2.24) is 19.7 Å². The van der Waals surface area contributed by atoms with E-state index in [1.54, 1.807) is 6.92 Å². The maximum absolute atomic E-state index is 11.7. The third-order valence-corrected chi connectivity index (χ3v) is 9.65. The minimum absolute atomic E-state index is 0.137. The molecule has 2 N–H and O–H groups in total. The van der Waals surface area contributed by atoms with Gasteiger partial charge in [-0.25, -0.2) is 0 Å². The molecule has 190 valence electrons. The third-order valence-electron chi connectivity index (χ3n) is 5.05. The molecule has 2 aromatic heterocycles. The Morgan fingerprint density at radius 3 is 2.77 bits per heavy atom. The van der Waals surface area contributed by atoms with Crippen molar-refractivity contribution >= 4 is 9.55 Å². The first kappa shape index (κ1) is 27.2. The molecule has 3 rings (SSSR count). The summed E-state index contributed by atoms with van der Waals surface area (Å²) >= 11 is -1.17. The Hall–Kier alpha value is -2.42. The molecule has 9 nitrogen and oxygen atoms in total. The van der Waals surface area contributed by atoms with E-state index in [0.717, 1.165) is 12.7 Å². The van der Waals surface area contributed by atoms with Gasteiger partial charge in [-0.1, -0.05) is 0 Å². The Kier molecular flexibility index (Phi) is 9.71. The molecule has 0 bridgehead atoms. The molecule has 35 heavy (non-hydrogen) atoms. The summed E-state index contributed by atoms with van der Waals surface area (Å²) in [5, 5.41) is 13.4. The third kappa shape index (κ3) is 7.06. The van der Waals surface area contributed by atoms with E-state index in [2.05, 4.69) is 49.4 Å². The molecule has 0 aliphatic carbocycles. The van der Waals surface area contributed by atoms with E-state index >= 15 is 0 Å². The van der Waals surface area contributed by atoms with Gasteiger partial charge in [0.05, 0.1) is 0 Å². The fourth-order valence-electron chi connectivity index (χ4n) is 3.40. The number of H-pyrrole nitrogens is 1.